The third kappa shape index (κ3) is 3.79. The highest BCUT2D eigenvalue weighted by molar-refractivity contribution is 5.93. The number of amides is 1. The molecule has 0 radical (unpaired) electrons. The number of fused-ring (bicyclic) bond motifs is 1. The molecule has 1 aromatic carbocycles. The van der Waals surface area contributed by atoms with Crippen LogP contribution in [0.1, 0.15) is 5.76 Å². The number of furan rings is 1. The summed E-state index contributed by atoms with van der Waals surface area (Å²) in [6.07, 6.45) is 3.52. The Balaban J connectivity index is 1.44. The zero-order valence-electron chi connectivity index (χ0n) is 14.3. The van der Waals surface area contributed by atoms with Crippen molar-refractivity contribution >= 4 is 17.0 Å². The van der Waals surface area contributed by atoms with E-state index in [0.717, 1.165) is 11.3 Å². The predicted molar refractivity (Wildman–Crippen MR) is 96.0 cm³/mol. The second-order valence-electron chi connectivity index (χ2n) is 5.72. The molecule has 1 N–H and O–H groups in total. The molecule has 0 saturated carbocycles. The molecular formula is C19H16N4O4. The normalized spacial score (nSPS) is 10.8. The number of hydrogen-bond acceptors (Lipinski definition) is 7. The van der Waals surface area contributed by atoms with Crippen LogP contribution in [0.25, 0.3) is 22.4 Å². The van der Waals surface area contributed by atoms with Gasteiger partial charge in [0.25, 0.3) is 11.6 Å². The zero-order valence-corrected chi connectivity index (χ0v) is 14.3. The molecule has 0 unspecified atom stereocenters. The monoisotopic (exact) mass is 364 g/mol. The first-order chi connectivity index (χ1) is 13.3. The summed E-state index contributed by atoms with van der Waals surface area (Å²) in [5.41, 5.74) is 1.72. The molecule has 136 valence electrons. The molecule has 0 aliphatic rings. The van der Waals surface area contributed by atoms with Gasteiger partial charge in [-0.3, -0.25) is 4.79 Å². The summed E-state index contributed by atoms with van der Waals surface area (Å²) in [7, 11) is 0. The number of carbonyl (C=O) groups is 1. The zero-order chi connectivity index (χ0) is 18.5. The molecule has 8 nitrogen and oxygen atoms in total. The van der Waals surface area contributed by atoms with Crippen LogP contribution >= 0.6 is 0 Å². The second kappa shape index (κ2) is 7.69. The number of nitrogens with zero attached hydrogens (tertiary/aromatic N) is 3. The fourth-order valence-electron chi connectivity index (χ4n) is 2.63. The summed E-state index contributed by atoms with van der Waals surface area (Å²) >= 11 is 0. The Bertz CT molecular complexity index is 1030. The van der Waals surface area contributed by atoms with Gasteiger partial charge in [-0.05, 0) is 12.1 Å². The van der Waals surface area contributed by atoms with Crippen molar-refractivity contribution in [1.82, 2.24) is 20.4 Å². The lowest BCUT2D eigenvalue weighted by Crippen LogP contribution is -2.30. The van der Waals surface area contributed by atoms with Crippen LogP contribution in [-0.4, -0.2) is 34.2 Å². The first-order valence-electron chi connectivity index (χ1n) is 8.39. The van der Waals surface area contributed by atoms with Crippen molar-refractivity contribution < 1.29 is 18.5 Å². The van der Waals surface area contributed by atoms with Crippen LogP contribution in [0.4, 0.5) is 0 Å². The van der Waals surface area contributed by atoms with Crippen molar-refractivity contribution in [3.05, 3.63) is 60.8 Å². The quantitative estimate of drug-likeness (QED) is 0.537. The molecule has 3 aromatic heterocycles. The van der Waals surface area contributed by atoms with Crippen LogP contribution in [0.3, 0.4) is 0 Å². The molecule has 4 aromatic rings. The largest absolute Gasteiger partial charge is 0.469 e. The molecule has 0 saturated heterocycles. The van der Waals surface area contributed by atoms with Crippen LogP contribution in [-0.2, 0) is 11.2 Å². The second-order valence-corrected chi connectivity index (χ2v) is 5.72. The standard InChI is InChI=1S/C19H16N4O4/c24-15(20-9-8-14-7-4-10-25-14)11-26-18-16-17(13-5-2-1-3-6-13)23-27-19(16)22-12-21-18/h1-7,10,12H,8-9,11H2,(H,20,24). The molecule has 0 aliphatic carbocycles. The molecule has 4 rings (SSSR count). The van der Waals surface area contributed by atoms with Gasteiger partial charge in [-0.2, -0.15) is 4.98 Å². The fraction of sp³-hybridized carbons (Fsp3) is 0.158. The van der Waals surface area contributed by atoms with Crippen LogP contribution in [0.15, 0.2) is 64.0 Å². The topological polar surface area (TPSA) is 103 Å². The Morgan fingerprint density at radius 3 is 2.81 bits per heavy atom. The van der Waals surface area contributed by atoms with Crippen LogP contribution < -0.4 is 10.1 Å². The van der Waals surface area contributed by atoms with Crippen LogP contribution in [0.5, 0.6) is 5.88 Å². The van der Waals surface area contributed by atoms with Gasteiger partial charge in [0, 0.05) is 18.5 Å². The van der Waals surface area contributed by atoms with Crippen molar-refractivity contribution in [2.24, 2.45) is 0 Å². The van der Waals surface area contributed by atoms with Crippen LogP contribution in [0.2, 0.25) is 0 Å². The average molecular weight is 364 g/mol. The summed E-state index contributed by atoms with van der Waals surface area (Å²) in [6.45, 7) is 0.279. The van der Waals surface area contributed by atoms with Gasteiger partial charge in [0.15, 0.2) is 6.61 Å². The van der Waals surface area contributed by atoms with E-state index < -0.39 is 0 Å². The lowest BCUT2D eigenvalue weighted by atomic mass is 10.1. The summed E-state index contributed by atoms with van der Waals surface area (Å²) in [5.74, 6) is 0.804. The molecule has 3 heterocycles. The highest BCUT2D eigenvalue weighted by Crippen LogP contribution is 2.32. The molecule has 1 amide bonds. The Morgan fingerprint density at radius 1 is 1.11 bits per heavy atom. The fourth-order valence-corrected chi connectivity index (χ4v) is 2.63. The van der Waals surface area contributed by atoms with Crippen molar-refractivity contribution in [3.8, 4) is 17.1 Å². The number of aromatic nitrogens is 3. The van der Waals surface area contributed by atoms with E-state index >= 15 is 0 Å². The predicted octanol–water partition coefficient (Wildman–Crippen LogP) is 2.62. The summed E-state index contributed by atoms with van der Waals surface area (Å²) in [4.78, 5) is 20.2. The Morgan fingerprint density at radius 2 is 2.00 bits per heavy atom. The summed E-state index contributed by atoms with van der Waals surface area (Å²) < 4.78 is 16.1. The number of rotatable bonds is 7. The molecule has 8 heteroatoms. The van der Waals surface area contributed by atoms with Crippen molar-refractivity contribution in [1.29, 1.82) is 0 Å². The number of nitrogens with one attached hydrogen (secondary N) is 1. The minimum atomic E-state index is -0.258. The van der Waals surface area contributed by atoms with E-state index in [0.29, 0.717) is 29.8 Å². The molecule has 0 spiro atoms. The van der Waals surface area contributed by atoms with Crippen molar-refractivity contribution in [2.75, 3.05) is 13.2 Å². The third-order valence-corrected chi connectivity index (χ3v) is 3.90. The first kappa shape index (κ1) is 16.8. The molecular weight excluding hydrogens is 348 g/mol. The highest BCUT2D eigenvalue weighted by Gasteiger charge is 2.18. The van der Waals surface area contributed by atoms with Gasteiger partial charge in [-0.1, -0.05) is 35.5 Å². The first-order valence-corrected chi connectivity index (χ1v) is 8.39. The number of hydrogen-bond donors (Lipinski definition) is 1. The van der Waals surface area contributed by atoms with Gasteiger partial charge in [0.1, 0.15) is 23.2 Å². The van der Waals surface area contributed by atoms with Gasteiger partial charge in [-0.25, -0.2) is 4.98 Å². The summed E-state index contributed by atoms with van der Waals surface area (Å²) in [6, 6.07) is 13.2. The maximum Gasteiger partial charge on any atom is 0.265 e. The highest BCUT2D eigenvalue weighted by atomic mass is 16.5. The molecule has 0 aliphatic heterocycles. The maximum absolute atomic E-state index is 12.0. The van der Waals surface area contributed by atoms with E-state index in [1.807, 2.05) is 42.5 Å². The maximum atomic E-state index is 12.0. The van der Waals surface area contributed by atoms with Gasteiger partial charge in [-0.15, -0.1) is 0 Å². The smallest absolute Gasteiger partial charge is 0.265 e. The Hall–Kier alpha value is -3.68. The van der Waals surface area contributed by atoms with Gasteiger partial charge in [0.05, 0.1) is 6.26 Å². The SMILES string of the molecule is O=C(COc1ncnc2onc(-c3ccccc3)c12)NCCc1ccco1. The van der Waals surface area contributed by atoms with Crippen molar-refractivity contribution in [3.63, 3.8) is 0 Å². The van der Waals surface area contributed by atoms with Gasteiger partial charge < -0.3 is 19.0 Å². The van der Waals surface area contributed by atoms with E-state index in [1.165, 1.54) is 6.33 Å². The van der Waals surface area contributed by atoms with Gasteiger partial charge in [0.2, 0.25) is 5.88 Å². The van der Waals surface area contributed by atoms with Crippen molar-refractivity contribution in [2.45, 2.75) is 6.42 Å². The number of carbonyl (C=O) groups excluding carboxylic acids is 1. The third-order valence-electron chi connectivity index (χ3n) is 3.90. The van der Waals surface area contributed by atoms with Crippen LogP contribution in [0, 0.1) is 0 Å². The van der Waals surface area contributed by atoms with E-state index in [1.54, 1.807) is 6.26 Å². The number of ether oxygens (including phenoxy) is 1. The Labute approximate surface area is 154 Å². The van der Waals surface area contributed by atoms with E-state index in [2.05, 4.69) is 20.4 Å². The van der Waals surface area contributed by atoms with E-state index in [4.69, 9.17) is 13.7 Å². The van der Waals surface area contributed by atoms with E-state index in [9.17, 15) is 4.79 Å². The lowest BCUT2D eigenvalue weighted by Gasteiger charge is -2.07. The van der Waals surface area contributed by atoms with Gasteiger partial charge >= 0.3 is 0 Å². The minimum absolute atomic E-state index is 0.177. The molecule has 0 fully saturated rings. The number of benzene rings is 1. The lowest BCUT2D eigenvalue weighted by molar-refractivity contribution is -0.123. The Kier molecular flexibility index (Phi) is 4.78. The van der Waals surface area contributed by atoms with E-state index in [-0.39, 0.29) is 18.4 Å². The minimum Gasteiger partial charge on any atom is -0.469 e. The molecule has 0 bridgehead atoms. The molecule has 27 heavy (non-hydrogen) atoms. The average Bonchev–Trinajstić information content (AvgIpc) is 3.37. The summed E-state index contributed by atoms with van der Waals surface area (Å²) in [5, 5.41) is 7.37. The molecule has 0 atom stereocenters.